The van der Waals surface area contributed by atoms with Gasteiger partial charge in [-0.1, -0.05) is 135 Å². The van der Waals surface area contributed by atoms with Gasteiger partial charge in [-0.25, -0.2) is 0 Å². The molecule has 272 valence electrons. The van der Waals surface area contributed by atoms with E-state index in [-0.39, 0.29) is 0 Å². The summed E-state index contributed by atoms with van der Waals surface area (Å²) in [6.45, 7) is 0. The second kappa shape index (κ2) is 17.0. The third-order valence-electron chi connectivity index (χ3n) is 9.68. The summed E-state index contributed by atoms with van der Waals surface area (Å²) in [7, 11) is -1.46. The van der Waals surface area contributed by atoms with E-state index in [0.29, 0.717) is 5.46 Å². The maximum absolute atomic E-state index is 9.43. The Labute approximate surface area is 356 Å². The molecule has 2 N–H and O–H groups in total. The molecule has 8 heteroatoms. The molecule has 0 amide bonds. The van der Waals surface area contributed by atoms with E-state index in [0.717, 1.165) is 36.4 Å². The summed E-state index contributed by atoms with van der Waals surface area (Å²) in [5, 5.41) is 23.5. The SMILES string of the molecule is Brc1ccc(-c2ccc3c(c2)c2ccccc2n3-c2ccccc2)cc1.Brc1ccc(I)cc1.OB(O)c1ccc2c(c1)c1ccccc1n2-c1ccccc1. The monoisotopic (exact) mass is 966 g/mol. The van der Waals surface area contributed by atoms with Crippen LogP contribution in [0.2, 0.25) is 0 Å². The average molecular weight is 968 g/mol. The zero-order valence-electron chi connectivity index (χ0n) is 30.0. The lowest BCUT2D eigenvalue weighted by molar-refractivity contribution is 0.426. The lowest BCUT2D eigenvalue weighted by atomic mass is 9.80. The van der Waals surface area contributed by atoms with Gasteiger partial charge in [0, 0.05) is 45.4 Å². The molecule has 4 nitrogen and oxygen atoms in total. The number of benzene rings is 8. The number of rotatable bonds is 4. The van der Waals surface area contributed by atoms with Gasteiger partial charge < -0.3 is 19.2 Å². The second-order valence-corrected chi connectivity index (χ2v) is 16.3. The molecule has 10 aromatic rings. The van der Waals surface area contributed by atoms with E-state index in [1.165, 1.54) is 42.2 Å². The van der Waals surface area contributed by atoms with Gasteiger partial charge in [0.15, 0.2) is 0 Å². The number of nitrogens with zero attached hydrogens (tertiary/aromatic N) is 2. The molecule has 0 unspecified atom stereocenters. The number of halogens is 3. The molecule has 0 saturated carbocycles. The van der Waals surface area contributed by atoms with Crippen molar-refractivity contribution >= 4 is 111 Å². The molecule has 2 heterocycles. The number of para-hydroxylation sites is 4. The van der Waals surface area contributed by atoms with E-state index in [9.17, 15) is 10.0 Å². The fourth-order valence-electron chi connectivity index (χ4n) is 7.09. The fraction of sp³-hybridized carbons (Fsp3) is 0. The minimum absolute atomic E-state index is 0.503. The molecular formula is C48H34BBr2IN2O2. The Hall–Kier alpha value is -4.97. The predicted molar refractivity (Wildman–Crippen MR) is 251 cm³/mol. The van der Waals surface area contributed by atoms with Gasteiger partial charge >= 0.3 is 7.12 Å². The Balaban J connectivity index is 0.000000133. The fourth-order valence-corrected chi connectivity index (χ4v) is 7.97. The minimum Gasteiger partial charge on any atom is -0.423 e. The second-order valence-electron chi connectivity index (χ2n) is 13.2. The van der Waals surface area contributed by atoms with Crippen LogP contribution in [-0.4, -0.2) is 26.3 Å². The Kier molecular flexibility index (Phi) is 11.5. The summed E-state index contributed by atoms with van der Waals surface area (Å²) in [5.41, 5.74) is 9.88. The number of hydrogen-bond donors (Lipinski definition) is 2. The first-order valence-corrected chi connectivity index (χ1v) is 20.7. The van der Waals surface area contributed by atoms with Gasteiger partial charge in [-0.3, -0.25) is 0 Å². The zero-order valence-corrected chi connectivity index (χ0v) is 35.3. The highest BCUT2D eigenvalue weighted by atomic mass is 127. The van der Waals surface area contributed by atoms with Crippen molar-refractivity contribution in [1.29, 1.82) is 0 Å². The maximum atomic E-state index is 9.43. The molecule has 0 aliphatic rings. The summed E-state index contributed by atoms with van der Waals surface area (Å²) < 4.78 is 8.04. The smallest absolute Gasteiger partial charge is 0.423 e. The highest BCUT2D eigenvalue weighted by molar-refractivity contribution is 14.1. The molecule has 0 aliphatic heterocycles. The standard InChI is InChI=1S/C24H16BrN.C18H14BNO2.C6H4BrI/c25-19-13-10-17(11-14-19)18-12-15-24-22(16-18)21-8-4-5-9-23(21)26(24)20-6-2-1-3-7-20;21-19(22)13-10-11-18-16(12-13)15-8-4-5-9-17(15)20(18)14-6-2-1-3-7-14;7-5-1-3-6(8)4-2-5/h1-16H;1-12,21-22H;1-4H. The van der Waals surface area contributed by atoms with Crippen LogP contribution in [0.5, 0.6) is 0 Å². The van der Waals surface area contributed by atoms with Gasteiger partial charge in [-0.05, 0) is 130 Å². The first-order valence-electron chi connectivity index (χ1n) is 18.1. The molecule has 2 aromatic heterocycles. The molecule has 0 atom stereocenters. The van der Waals surface area contributed by atoms with Crippen LogP contribution in [0.1, 0.15) is 0 Å². The van der Waals surface area contributed by atoms with Crippen LogP contribution < -0.4 is 5.46 Å². The number of hydrogen-bond acceptors (Lipinski definition) is 2. The van der Waals surface area contributed by atoms with Crippen molar-refractivity contribution in [2.24, 2.45) is 0 Å². The minimum atomic E-state index is -1.46. The molecule has 0 radical (unpaired) electrons. The normalized spacial score (nSPS) is 10.9. The van der Waals surface area contributed by atoms with Gasteiger partial charge in [0.25, 0.3) is 0 Å². The highest BCUT2D eigenvalue weighted by Crippen LogP contribution is 2.35. The van der Waals surface area contributed by atoms with Crippen molar-refractivity contribution in [3.05, 3.63) is 207 Å². The van der Waals surface area contributed by atoms with Crippen molar-refractivity contribution in [2.75, 3.05) is 0 Å². The van der Waals surface area contributed by atoms with E-state index in [1.54, 1.807) is 6.07 Å². The Morgan fingerprint density at radius 1 is 0.393 bits per heavy atom. The Morgan fingerprint density at radius 2 is 0.804 bits per heavy atom. The zero-order chi connectivity index (χ0) is 38.6. The van der Waals surface area contributed by atoms with Crippen LogP contribution in [0.15, 0.2) is 203 Å². The van der Waals surface area contributed by atoms with Gasteiger partial charge in [-0.15, -0.1) is 0 Å². The molecule has 0 fully saturated rings. The Morgan fingerprint density at radius 3 is 1.30 bits per heavy atom. The topological polar surface area (TPSA) is 50.3 Å². The van der Waals surface area contributed by atoms with Crippen LogP contribution in [0.25, 0.3) is 66.1 Å². The summed E-state index contributed by atoms with van der Waals surface area (Å²) in [6.07, 6.45) is 0. The molecule has 8 aromatic carbocycles. The highest BCUT2D eigenvalue weighted by Gasteiger charge is 2.17. The molecule has 0 aliphatic carbocycles. The van der Waals surface area contributed by atoms with E-state index in [1.807, 2.05) is 54.6 Å². The van der Waals surface area contributed by atoms with Crippen molar-refractivity contribution in [1.82, 2.24) is 9.13 Å². The molecular weight excluding hydrogens is 934 g/mol. The third kappa shape index (κ3) is 7.98. The molecule has 56 heavy (non-hydrogen) atoms. The predicted octanol–water partition coefficient (Wildman–Crippen LogP) is 12.7. The number of aromatic nitrogens is 2. The summed E-state index contributed by atoms with van der Waals surface area (Å²) >= 11 is 9.13. The largest absolute Gasteiger partial charge is 0.488 e. The molecule has 0 saturated heterocycles. The maximum Gasteiger partial charge on any atom is 0.488 e. The van der Waals surface area contributed by atoms with Crippen LogP contribution >= 0.6 is 54.5 Å². The van der Waals surface area contributed by atoms with Crippen molar-refractivity contribution in [3.8, 4) is 22.5 Å². The van der Waals surface area contributed by atoms with Crippen LogP contribution in [-0.2, 0) is 0 Å². The van der Waals surface area contributed by atoms with Gasteiger partial charge in [-0.2, -0.15) is 0 Å². The summed E-state index contributed by atoms with van der Waals surface area (Å²) in [4.78, 5) is 0. The molecule has 0 bridgehead atoms. The van der Waals surface area contributed by atoms with Crippen molar-refractivity contribution < 1.29 is 10.0 Å². The van der Waals surface area contributed by atoms with E-state index >= 15 is 0 Å². The molecule has 10 rings (SSSR count). The van der Waals surface area contributed by atoms with Crippen LogP contribution in [0, 0.1) is 3.57 Å². The van der Waals surface area contributed by atoms with Gasteiger partial charge in [0.05, 0.1) is 22.1 Å². The average Bonchev–Trinajstić information content (AvgIpc) is 3.75. The quantitative estimate of drug-likeness (QED) is 0.136. The summed E-state index contributed by atoms with van der Waals surface area (Å²) in [5.74, 6) is 0. The van der Waals surface area contributed by atoms with Crippen LogP contribution in [0.3, 0.4) is 0 Å². The van der Waals surface area contributed by atoms with E-state index in [4.69, 9.17) is 0 Å². The van der Waals surface area contributed by atoms with Crippen molar-refractivity contribution in [3.63, 3.8) is 0 Å². The lowest BCUT2D eigenvalue weighted by Gasteiger charge is -2.08. The Bertz CT molecular complexity index is 2890. The summed E-state index contributed by atoms with van der Waals surface area (Å²) in [6, 6.07) is 66.5. The van der Waals surface area contributed by atoms with Crippen molar-refractivity contribution in [2.45, 2.75) is 0 Å². The van der Waals surface area contributed by atoms with Gasteiger partial charge in [0.2, 0.25) is 0 Å². The van der Waals surface area contributed by atoms with Crippen LogP contribution in [0.4, 0.5) is 0 Å². The van der Waals surface area contributed by atoms with Gasteiger partial charge in [0.1, 0.15) is 0 Å². The first-order chi connectivity index (χ1) is 27.4. The lowest BCUT2D eigenvalue weighted by Crippen LogP contribution is -2.29. The first kappa shape index (κ1) is 37.9. The van der Waals surface area contributed by atoms with E-state index in [2.05, 4.69) is 197 Å². The third-order valence-corrected chi connectivity index (χ3v) is 11.5. The molecule has 0 spiro atoms. The van der Waals surface area contributed by atoms with E-state index < -0.39 is 7.12 Å². The number of fused-ring (bicyclic) bond motifs is 6.